The first-order valence-electron chi connectivity index (χ1n) is 8.81. The van der Waals surface area contributed by atoms with Crippen LogP contribution in [0.2, 0.25) is 0 Å². The van der Waals surface area contributed by atoms with Crippen molar-refractivity contribution in [2.75, 3.05) is 6.61 Å². The molecule has 2 aromatic rings. The van der Waals surface area contributed by atoms with E-state index < -0.39 is 17.7 Å². The minimum atomic E-state index is -0.684. The average Bonchev–Trinajstić information content (AvgIpc) is 2.93. The summed E-state index contributed by atoms with van der Waals surface area (Å²) in [6, 6.07) is 13.3. The number of nitrogens with one attached hydrogen (secondary N) is 1. The van der Waals surface area contributed by atoms with Gasteiger partial charge in [0.05, 0.1) is 17.9 Å². The van der Waals surface area contributed by atoms with E-state index in [9.17, 15) is 14.0 Å². The molecule has 5 heteroatoms. The standard InChI is InChI=1S/C22H18FNO3/c1-3-27-22(26)17-12(2)24-20-15-9-4-5-10-16(15)21(25)19(20)18(17)13-7-6-8-14(23)11-13/h4-11,18,24H,3H2,1-2H3/t18-/m0/s1. The van der Waals surface area contributed by atoms with Crippen molar-refractivity contribution in [3.8, 4) is 0 Å². The number of carbonyl (C=O) groups is 2. The number of carbonyl (C=O) groups excluding carboxylic acids is 2. The average molecular weight is 363 g/mol. The van der Waals surface area contributed by atoms with E-state index in [0.717, 1.165) is 5.56 Å². The minimum absolute atomic E-state index is 0.156. The maximum Gasteiger partial charge on any atom is 0.336 e. The van der Waals surface area contributed by atoms with Gasteiger partial charge in [-0.1, -0.05) is 36.4 Å². The van der Waals surface area contributed by atoms with Gasteiger partial charge in [-0.2, -0.15) is 0 Å². The van der Waals surface area contributed by atoms with Crippen LogP contribution in [0.3, 0.4) is 0 Å². The molecule has 4 nitrogen and oxygen atoms in total. The molecule has 0 amide bonds. The summed E-state index contributed by atoms with van der Waals surface area (Å²) in [5, 5.41) is 3.21. The van der Waals surface area contributed by atoms with E-state index in [-0.39, 0.29) is 12.4 Å². The number of esters is 1. The largest absolute Gasteiger partial charge is 0.463 e. The Kier molecular flexibility index (Phi) is 4.15. The highest BCUT2D eigenvalue weighted by molar-refractivity contribution is 6.23. The van der Waals surface area contributed by atoms with Gasteiger partial charge in [0.15, 0.2) is 5.78 Å². The number of allylic oxidation sites excluding steroid dienone is 2. The molecule has 1 aliphatic heterocycles. The van der Waals surface area contributed by atoms with Crippen molar-refractivity contribution in [3.05, 3.63) is 87.9 Å². The number of ether oxygens (including phenoxy) is 1. The lowest BCUT2D eigenvalue weighted by Crippen LogP contribution is -2.29. The third-order valence-corrected chi connectivity index (χ3v) is 4.93. The quantitative estimate of drug-likeness (QED) is 0.839. The molecule has 0 radical (unpaired) electrons. The van der Waals surface area contributed by atoms with Gasteiger partial charge in [0, 0.05) is 28.3 Å². The molecule has 0 bridgehead atoms. The summed E-state index contributed by atoms with van der Waals surface area (Å²) in [7, 11) is 0. The lowest BCUT2D eigenvalue weighted by atomic mass is 9.80. The van der Waals surface area contributed by atoms with Crippen LogP contribution >= 0.6 is 0 Å². The van der Waals surface area contributed by atoms with Crippen molar-refractivity contribution >= 4 is 17.4 Å². The molecule has 0 fully saturated rings. The molecule has 2 aromatic carbocycles. The summed E-state index contributed by atoms with van der Waals surface area (Å²) in [6.07, 6.45) is 0. The fraction of sp³-hybridized carbons (Fsp3) is 0.182. The van der Waals surface area contributed by atoms with E-state index in [1.807, 2.05) is 12.1 Å². The first kappa shape index (κ1) is 17.2. The summed E-state index contributed by atoms with van der Waals surface area (Å²) in [5.41, 5.74) is 3.99. The Morgan fingerprint density at radius 1 is 1.15 bits per heavy atom. The summed E-state index contributed by atoms with van der Waals surface area (Å²) >= 11 is 0. The maximum atomic E-state index is 14.0. The van der Waals surface area contributed by atoms with Crippen LogP contribution in [0, 0.1) is 5.82 Å². The number of benzene rings is 2. The summed E-state index contributed by atoms with van der Waals surface area (Å²) in [5.74, 6) is -1.77. The van der Waals surface area contributed by atoms with Crippen molar-refractivity contribution in [1.29, 1.82) is 0 Å². The molecule has 136 valence electrons. The maximum absolute atomic E-state index is 14.0. The second kappa shape index (κ2) is 6.50. The Hall–Kier alpha value is -3.21. The van der Waals surface area contributed by atoms with Gasteiger partial charge >= 0.3 is 5.97 Å². The zero-order valence-electron chi connectivity index (χ0n) is 15.0. The third kappa shape index (κ3) is 2.67. The molecule has 0 spiro atoms. The molecule has 1 heterocycles. The van der Waals surface area contributed by atoms with E-state index in [0.29, 0.717) is 33.7 Å². The zero-order valence-corrected chi connectivity index (χ0v) is 15.0. The number of dihydropyridines is 1. The number of Topliss-reactive ketones (excluding diaryl/α,β-unsaturated/α-hetero) is 1. The predicted molar refractivity (Wildman–Crippen MR) is 99.3 cm³/mol. The van der Waals surface area contributed by atoms with Gasteiger partial charge in [-0.15, -0.1) is 0 Å². The molecule has 0 saturated heterocycles. The van der Waals surface area contributed by atoms with Gasteiger partial charge < -0.3 is 10.1 Å². The molecule has 27 heavy (non-hydrogen) atoms. The third-order valence-electron chi connectivity index (χ3n) is 4.93. The fourth-order valence-corrected chi connectivity index (χ4v) is 3.83. The first-order valence-corrected chi connectivity index (χ1v) is 8.81. The highest BCUT2D eigenvalue weighted by atomic mass is 19.1. The molecule has 0 saturated carbocycles. The van der Waals surface area contributed by atoms with Crippen LogP contribution in [-0.4, -0.2) is 18.4 Å². The Labute approximate surface area is 156 Å². The van der Waals surface area contributed by atoms with Gasteiger partial charge in [0.2, 0.25) is 0 Å². The van der Waals surface area contributed by atoms with Crippen LogP contribution < -0.4 is 5.32 Å². The second-order valence-corrected chi connectivity index (χ2v) is 6.54. The molecule has 1 atom stereocenters. The van der Waals surface area contributed by atoms with E-state index in [1.165, 1.54) is 12.1 Å². The highest BCUT2D eigenvalue weighted by Gasteiger charge is 2.42. The van der Waals surface area contributed by atoms with Crippen LogP contribution in [-0.2, 0) is 9.53 Å². The van der Waals surface area contributed by atoms with Crippen LogP contribution in [0.1, 0.15) is 41.3 Å². The smallest absolute Gasteiger partial charge is 0.336 e. The van der Waals surface area contributed by atoms with Crippen LogP contribution in [0.4, 0.5) is 4.39 Å². The second-order valence-electron chi connectivity index (χ2n) is 6.54. The topological polar surface area (TPSA) is 55.4 Å². The number of rotatable bonds is 3. The van der Waals surface area contributed by atoms with Crippen molar-refractivity contribution in [2.45, 2.75) is 19.8 Å². The summed E-state index contributed by atoms with van der Waals surface area (Å²) < 4.78 is 19.2. The molecular weight excluding hydrogens is 345 g/mol. The molecule has 0 aromatic heterocycles. The molecule has 4 rings (SSSR count). The molecular formula is C22H18FNO3. The van der Waals surface area contributed by atoms with Crippen molar-refractivity contribution in [1.82, 2.24) is 5.32 Å². The van der Waals surface area contributed by atoms with Crippen LogP contribution in [0.5, 0.6) is 0 Å². The van der Waals surface area contributed by atoms with E-state index >= 15 is 0 Å². The predicted octanol–water partition coefficient (Wildman–Crippen LogP) is 3.96. The SMILES string of the molecule is CCOC(=O)C1=C(C)NC2=C(C(=O)c3ccccc32)[C@H]1c1cccc(F)c1. The van der Waals surface area contributed by atoms with Gasteiger partial charge in [0.25, 0.3) is 0 Å². The lowest BCUT2D eigenvalue weighted by molar-refractivity contribution is -0.138. The minimum Gasteiger partial charge on any atom is -0.463 e. The number of halogens is 1. The fourth-order valence-electron chi connectivity index (χ4n) is 3.83. The Morgan fingerprint density at radius 2 is 1.89 bits per heavy atom. The lowest BCUT2D eigenvalue weighted by Gasteiger charge is -2.29. The normalized spacial score (nSPS) is 18.2. The van der Waals surface area contributed by atoms with Crippen molar-refractivity contribution in [3.63, 3.8) is 0 Å². The number of fused-ring (bicyclic) bond motifs is 2. The molecule has 2 aliphatic rings. The number of hydrogen-bond acceptors (Lipinski definition) is 4. The van der Waals surface area contributed by atoms with E-state index in [4.69, 9.17) is 4.74 Å². The first-order chi connectivity index (χ1) is 13.0. The number of hydrogen-bond donors (Lipinski definition) is 1. The Bertz CT molecular complexity index is 1040. The molecule has 1 aliphatic carbocycles. The highest BCUT2D eigenvalue weighted by Crippen LogP contribution is 2.46. The Balaban J connectivity index is 1.94. The number of ketones is 1. The molecule has 1 N–H and O–H groups in total. The van der Waals surface area contributed by atoms with Crippen LogP contribution in [0.25, 0.3) is 5.70 Å². The summed E-state index contributed by atoms with van der Waals surface area (Å²) in [6.45, 7) is 3.71. The van der Waals surface area contributed by atoms with Crippen LogP contribution in [0.15, 0.2) is 65.4 Å². The zero-order chi connectivity index (χ0) is 19.1. The van der Waals surface area contributed by atoms with Gasteiger partial charge in [-0.05, 0) is 31.5 Å². The van der Waals surface area contributed by atoms with E-state index in [2.05, 4.69) is 5.32 Å². The molecule has 0 unspecified atom stereocenters. The van der Waals surface area contributed by atoms with Gasteiger partial charge in [-0.25, -0.2) is 9.18 Å². The van der Waals surface area contributed by atoms with Crippen molar-refractivity contribution in [2.24, 2.45) is 0 Å². The monoisotopic (exact) mass is 363 g/mol. The van der Waals surface area contributed by atoms with E-state index in [1.54, 1.807) is 38.1 Å². The van der Waals surface area contributed by atoms with Gasteiger partial charge in [-0.3, -0.25) is 4.79 Å². The Morgan fingerprint density at radius 3 is 2.59 bits per heavy atom. The summed E-state index contributed by atoms with van der Waals surface area (Å²) in [4.78, 5) is 25.9. The van der Waals surface area contributed by atoms with Gasteiger partial charge in [0.1, 0.15) is 5.82 Å². The van der Waals surface area contributed by atoms with Crippen molar-refractivity contribution < 1.29 is 18.7 Å².